The first-order valence-electron chi connectivity index (χ1n) is 7.39. The molecule has 9 heteroatoms. The van der Waals surface area contributed by atoms with Crippen LogP contribution in [0.3, 0.4) is 0 Å². The highest BCUT2D eigenvalue weighted by Crippen LogP contribution is 2.35. The topological polar surface area (TPSA) is 95.7 Å². The highest BCUT2D eigenvalue weighted by atomic mass is 32.2. The summed E-state index contributed by atoms with van der Waals surface area (Å²) in [5, 5.41) is 0. The lowest BCUT2D eigenvalue weighted by molar-refractivity contribution is -0.123. The highest BCUT2D eigenvalue weighted by Gasteiger charge is 2.42. The number of hydrogen-bond donors (Lipinski definition) is 1. The number of halogens is 2. The van der Waals surface area contributed by atoms with E-state index in [1.165, 1.54) is 0 Å². The number of rotatable bonds is 5. The molecule has 3 rings (SSSR count). The van der Waals surface area contributed by atoms with Crippen molar-refractivity contribution in [1.82, 2.24) is 0 Å². The van der Waals surface area contributed by atoms with E-state index in [1.54, 1.807) is 30.3 Å². The fourth-order valence-electron chi connectivity index (χ4n) is 2.44. The van der Waals surface area contributed by atoms with Crippen molar-refractivity contribution in [2.75, 3.05) is 0 Å². The average molecular weight is 381 g/mol. The smallest absolute Gasteiger partial charge is 0.313 e. The second kappa shape index (κ2) is 6.75. The van der Waals surface area contributed by atoms with Crippen LogP contribution in [0.2, 0.25) is 0 Å². The molecular weight excluding hydrogens is 368 g/mol. The van der Waals surface area contributed by atoms with Gasteiger partial charge in [0.15, 0.2) is 6.10 Å². The van der Waals surface area contributed by atoms with Crippen molar-refractivity contribution in [3.8, 4) is 0 Å². The van der Waals surface area contributed by atoms with Crippen LogP contribution in [0, 0.1) is 11.6 Å². The maximum Gasteiger partial charge on any atom is 0.313 e. The van der Waals surface area contributed by atoms with Gasteiger partial charge in [0.2, 0.25) is 17.4 Å². The van der Waals surface area contributed by atoms with Gasteiger partial charge in [-0.15, -0.1) is 0 Å². The maximum absolute atomic E-state index is 13.9. The number of nitrogens with two attached hydrogens (primary N) is 1. The summed E-state index contributed by atoms with van der Waals surface area (Å²) in [6.45, 7) is 0. The molecule has 0 amide bonds. The van der Waals surface area contributed by atoms with Crippen molar-refractivity contribution in [3.63, 3.8) is 0 Å². The molecule has 0 radical (unpaired) electrons. The SMILES string of the molecule is NC1=C(OS(=O)(=O)Cc2ccccc2)C(=O)[C@@H](c2c(F)cccc2F)O1. The Kier molecular flexibility index (Phi) is 4.64. The van der Waals surface area contributed by atoms with Gasteiger partial charge in [0.25, 0.3) is 0 Å². The summed E-state index contributed by atoms with van der Waals surface area (Å²) in [4.78, 5) is 12.4. The number of carbonyl (C=O) groups excluding carboxylic acids is 1. The van der Waals surface area contributed by atoms with Crippen molar-refractivity contribution in [3.05, 3.63) is 82.9 Å². The Morgan fingerprint density at radius 2 is 1.65 bits per heavy atom. The molecule has 0 saturated carbocycles. The van der Waals surface area contributed by atoms with Gasteiger partial charge in [-0.2, -0.15) is 8.42 Å². The van der Waals surface area contributed by atoms with Crippen LogP contribution >= 0.6 is 0 Å². The second-order valence-corrected chi connectivity index (χ2v) is 7.03. The van der Waals surface area contributed by atoms with Crippen LogP contribution in [0.4, 0.5) is 8.78 Å². The Bertz CT molecular complexity index is 969. The molecule has 2 N–H and O–H groups in total. The zero-order valence-corrected chi connectivity index (χ0v) is 14.0. The Balaban J connectivity index is 1.83. The van der Waals surface area contributed by atoms with Gasteiger partial charge in [-0.3, -0.25) is 4.79 Å². The normalized spacial score (nSPS) is 17.3. The van der Waals surface area contributed by atoms with E-state index in [1.807, 2.05) is 0 Å². The minimum absolute atomic E-state index is 0.426. The lowest BCUT2D eigenvalue weighted by Gasteiger charge is -2.11. The minimum atomic E-state index is -4.24. The highest BCUT2D eigenvalue weighted by molar-refractivity contribution is 7.86. The van der Waals surface area contributed by atoms with Gasteiger partial charge in [0, 0.05) is 0 Å². The van der Waals surface area contributed by atoms with Gasteiger partial charge in [0.1, 0.15) is 17.4 Å². The Morgan fingerprint density at radius 1 is 1.04 bits per heavy atom. The second-order valence-electron chi connectivity index (χ2n) is 5.46. The molecule has 0 bridgehead atoms. The summed E-state index contributed by atoms with van der Waals surface area (Å²) < 4.78 is 61.8. The number of ether oxygens (including phenoxy) is 1. The first-order valence-corrected chi connectivity index (χ1v) is 8.97. The number of hydrogen-bond acceptors (Lipinski definition) is 6. The average Bonchev–Trinajstić information content (AvgIpc) is 2.83. The quantitative estimate of drug-likeness (QED) is 0.799. The number of carbonyl (C=O) groups is 1. The van der Waals surface area contributed by atoms with Gasteiger partial charge >= 0.3 is 10.1 Å². The van der Waals surface area contributed by atoms with Crippen LogP contribution in [0.1, 0.15) is 17.2 Å². The van der Waals surface area contributed by atoms with Gasteiger partial charge in [-0.25, -0.2) is 8.78 Å². The zero-order chi connectivity index (χ0) is 18.9. The monoisotopic (exact) mass is 381 g/mol. The standard InChI is InChI=1S/C17H13F2NO5S/c18-11-7-4-8-12(19)13(11)15-14(21)16(17(20)24-15)25-26(22,23)9-10-5-2-1-3-6-10/h1-8,15H,9,20H2/t15-/m1/s1. The first kappa shape index (κ1) is 17.9. The molecule has 0 aromatic heterocycles. The maximum atomic E-state index is 13.9. The van der Waals surface area contributed by atoms with Gasteiger partial charge in [0.05, 0.1) is 5.56 Å². The third kappa shape index (κ3) is 3.52. The predicted molar refractivity (Wildman–Crippen MR) is 86.6 cm³/mol. The first-order chi connectivity index (χ1) is 12.3. The Morgan fingerprint density at radius 3 is 2.27 bits per heavy atom. The van der Waals surface area contributed by atoms with E-state index in [0.29, 0.717) is 5.56 Å². The minimum Gasteiger partial charge on any atom is -0.460 e. The third-order valence-corrected chi connectivity index (χ3v) is 4.70. The van der Waals surface area contributed by atoms with E-state index >= 15 is 0 Å². The molecule has 0 fully saturated rings. The zero-order valence-electron chi connectivity index (χ0n) is 13.2. The van der Waals surface area contributed by atoms with Crippen LogP contribution in [0.15, 0.2) is 60.2 Å². The summed E-state index contributed by atoms with van der Waals surface area (Å²) in [6.07, 6.45) is -1.75. The molecule has 0 saturated heterocycles. The molecule has 136 valence electrons. The van der Waals surface area contributed by atoms with Crippen molar-refractivity contribution in [2.24, 2.45) is 5.73 Å². The van der Waals surface area contributed by atoms with E-state index in [0.717, 1.165) is 18.2 Å². The van der Waals surface area contributed by atoms with Gasteiger partial charge in [-0.1, -0.05) is 36.4 Å². The fourth-order valence-corrected chi connectivity index (χ4v) is 3.52. The molecule has 0 spiro atoms. The van der Waals surface area contributed by atoms with Gasteiger partial charge < -0.3 is 14.7 Å². The molecule has 0 unspecified atom stereocenters. The van der Waals surface area contributed by atoms with E-state index in [-0.39, 0.29) is 0 Å². The van der Waals surface area contributed by atoms with Gasteiger partial charge in [-0.05, 0) is 17.7 Å². The van der Waals surface area contributed by atoms with Crippen molar-refractivity contribution >= 4 is 15.9 Å². The number of ketones is 1. The molecule has 2 aromatic rings. The number of benzene rings is 2. The third-order valence-electron chi connectivity index (χ3n) is 3.59. The van der Waals surface area contributed by atoms with E-state index in [2.05, 4.69) is 0 Å². The van der Waals surface area contributed by atoms with Crippen molar-refractivity contribution < 1.29 is 30.9 Å². The molecule has 6 nitrogen and oxygen atoms in total. The van der Waals surface area contributed by atoms with Crippen LogP contribution < -0.4 is 5.73 Å². The van der Waals surface area contributed by atoms with Crippen LogP contribution in [-0.4, -0.2) is 14.2 Å². The molecule has 26 heavy (non-hydrogen) atoms. The van der Waals surface area contributed by atoms with Crippen molar-refractivity contribution in [1.29, 1.82) is 0 Å². The Labute approximate surface area is 148 Å². The fraction of sp³-hybridized carbons (Fsp3) is 0.118. The van der Waals surface area contributed by atoms with E-state index in [9.17, 15) is 22.0 Å². The van der Waals surface area contributed by atoms with Crippen LogP contribution in [0.25, 0.3) is 0 Å². The number of Topliss-reactive ketones (excluding diaryl/α,β-unsaturated/α-hetero) is 1. The summed E-state index contributed by atoms with van der Waals surface area (Å²) >= 11 is 0. The summed E-state index contributed by atoms with van der Waals surface area (Å²) in [5.41, 5.74) is 5.26. The predicted octanol–water partition coefficient (Wildman–Crippen LogP) is 2.28. The van der Waals surface area contributed by atoms with Crippen LogP contribution in [0.5, 0.6) is 0 Å². The molecule has 1 aliphatic heterocycles. The lowest BCUT2D eigenvalue weighted by atomic mass is 10.0. The van der Waals surface area contributed by atoms with Crippen LogP contribution in [-0.2, 0) is 29.6 Å². The molecule has 1 atom stereocenters. The van der Waals surface area contributed by atoms with E-state index < -0.39 is 56.6 Å². The summed E-state index contributed by atoms with van der Waals surface area (Å²) in [5.74, 6) is -5.10. The van der Waals surface area contributed by atoms with E-state index in [4.69, 9.17) is 14.7 Å². The lowest BCUT2D eigenvalue weighted by Crippen LogP contribution is -2.17. The molecular formula is C17H13F2NO5S. The van der Waals surface area contributed by atoms with Crippen molar-refractivity contribution in [2.45, 2.75) is 11.9 Å². The molecule has 1 aliphatic rings. The summed E-state index contributed by atoms with van der Waals surface area (Å²) in [6, 6.07) is 11.1. The molecule has 1 heterocycles. The Hall–Kier alpha value is -2.94. The summed E-state index contributed by atoms with van der Waals surface area (Å²) in [7, 11) is -4.24. The molecule has 0 aliphatic carbocycles. The largest absolute Gasteiger partial charge is 0.460 e. The molecule has 2 aromatic carbocycles.